The summed E-state index contributed by atoms with van der Waals surface area (Å²) in [5, 5.41) is 4.60. The highest BCUT2D eigenvalue weighted by atomic mass is 35.5. The third-order valence-corrected chi connectivity index (χ3v) is 5.02. The van der Waals surface area contributed by atoms with E-state index in [1.54, 1.807) is 0 Å². The van der Waals surface area contributed by atoms with E-state index in [4.69, 9.17) is 11.6 Å². The molecule has 0 bridgehead atoms. The number of rotatable bonds is 3. The van der Waals surface area contributed by atoms with Gasteiger partial charge in [0.15, 0.2) is 0 Å². The summed E-state index contributed by atoms with van der Waals surface area (Å²) in [4.78, 5) is 0. The van der Waals surface area contributed by atoms with E-state index in [0.29, 0.717) is 17.5 Å². The molecule has 0 amide bonds. The minimum atomic E-state index is 0.380. The Hall–Kier alpha value is -0.530. The van der Waals surface area contributed by atoms with Gasteiger partial charge in [0.25, 0.3) is 0 Å². The fourth-order valence-electron chi connectivity index (χ4n) is 3.35. The van der Waals surface area contributed by atoms with Gasteiger partial charge in [0.2, 0.25) is 0 Å². The average molecular weight is 294 g/mol. The van der Waals surface area contributed by atoms with Crippen LogP contribution in [0.4, 0.5) is 0 Å². The molecule has 1 saturated carbocycles. The van der Waals surface area contributed by atoms with Crippen LogP contribution >= 0.6 is 11.6 Å². The molecule has 0 aromatic heterocycles. The van der Waals surface area contributed by atoms with Crippen LogP contribution in [0.1, 0.15) is 65.0 Å². The van der Waals surface area contributed by atoms with Crippen molar-refractivity contribution in [2.45, 2.75) is 65.5 Å². The molecule has 2 rings (SSSR count). The van der Waals surface area contributed by atoms with Gasteiger partial charge in [0.05, 0.1) is 0 Å². The molecular formula is C18H28ClN. The zero-order valence-electron chi connectivity index (χ0n) is 13.2. The molecule has 1 nitrogen and oxygen atoms in total. The van der Waals surface area contributed by atoms with Crippen molar-refractivity contribution < 1.29 is 0 Å². The maximum Gasteiger partial charge on any atom is 0.0409 e. The Balaban J connectivity index is 1.86. The first kappa shape index (κ1) is 15.9. The highest BCUT2D eigenvalue weighted by molar-refractivity contribution is 6.30. The molecule has 0 spiro atoms. The van der Waals surface area contributed by atoms with Gasteiger partial charge in [-0.05, 0) is 61.6 Å². The lowest BCUT2D eigenvalue weighted by atomic mass is 9.71. The van der Waals surface area contributed by atoms with Gasteiger partial charge in [0, 0.05) is 17.1 Å². The van der Waals surface area contributed by atoms with E-state index >= 15 is 0 Å². The SMILES string of the molecule is CC(NC1CCC(C(C)(C)C)CC1)c1cccc(Cl)c1. The number of nitrogens with one attached hydrogen (secondary N) is 1. The molecule has 1 fully saturated rings. The molecule has 20 heavy (non-hydrogen) atoms. The molecule has 1 N–H and O–H groups in total. The van der Waals surface area contributed by atoms with Crippen molar-refractivity contribution in [2.24, 2.45) is 11.3 Å². The molecule has 1 unspecified atom stereocenters. The summed E-state index contributed by atoms with van der Waals surface area (Å²) in [6, 6.07) is 9.23. The van der Waals surface area contributed by atoms with Gasteiger partial charge >= 0.3 is 0 Å². The Labute approximate surface area is 129 Å². The van der Waals surface area contributed by atoms with Gasteiger partial charge in [-0.3, -0.25) is 0 Å². The second-order valence-electron chi connectivity index (χ2n) is 7.36. The predicted molar refractivity (Wildman–Crippen MR) is 88.2 cm³/mol. The molecule has 1 aromatic carbocycles. The molecule has 1 aromatic rings. The van der Waals surface area contributed by atoms with Crippen molar-refractivity contribution in [2.75, 3.05) is 0 Å². The normalized spacial score (nSPS) is 25.4. The molecule has 1 aliphatic carbocycles. The van der Waals surface area contributed by atoms with Crippen LogP contribution in [-0.4, -0.2) is 6.04 Å². The Morgan fingerprint density at radius 2 is 1.80 bits per heavy atom. The molecule has 1 atom stereocenters. The molecule has 0 saturated heterocycles. The van der Waals surface area contributed by atoms with Gasteiger partial charge < -0.3 is 5.32 Å². The summed E-state index contributed by atoms with van der Waals surface area (Å²) in [7, 11) is 0. The van der Waals surface area contributed by atoms with Crippen LogP contribution in [0.5, 0.6) is 0 Å². The Morgan fingerprint density at radius 1 is 1.15 bits per heavy atom. The van der Waals surface area contributed by atoms with Crippen LogP contribution in [0, 0.1) is 11.3 Å². The first-order valence-electron chi connectivity index (χ1n) is 7.88. The van der Waals surface area contributed by atoms with Crippen molar-refractivity contribution in [3.63, 3.8) is 0 Å². The molecule has 2 heteroatoms. The number of halogens is 1. The average Bonchev–Trinajstić information content (AvgIpc) is 2.38. The predicted octanol–water partition coefficient (Wildman–Crippen LogP) is 5.60. The fraction of sp³-hybridized carbons (Fsp3) is 0.667. The minimum Gasteiger partial charge on any atom is -0.307 e. The molecular weight excluding hydrogens is 266 g/mol. The van der Waals surface area contributed by atoms with Gasteiger partial charge in [-0.1, -0.05) is 44.5 Å². The summed E-state index contributed by atoms with van der Waals surface area (Å²) in [5.41, 5.74) is 1.75. The number of hydrogen-bond donors (Lipinski definition) is 1. The summed E-state index contributed by atoms with van der Waals surface area (Å²) in [6.07, 6.45) is 5.30. The maximum atomic E-state index is 6.07. The van der Waals surface area contributed by atoms with E-state index in [2.05, 4.69) is 45.1 Å². The lowest BCUT2D eigenvalue weighted by molar-refractivity contribution is 0.157. The van der Waals surface area contributed by atoms with Gasteiger partial charge in [-0.25, -0.2) is 0 Å². The zero-order valence-corrected chi connectivity index (χ0v) is 14.0. The summed E-state index contributed by atoms with van der Waals surface area (Å²) >= 11 is 6.07. The topological polar surface area (TPSA) is 12.0 Å². The van der Waals surface area contributed by atoms with Crippen molar-refractivity contribution in [1.82, 2.24) is 5.32 Å². The van der Waals surface area contributed by atoms with Crippen LogP contribution < -0.4 is 5.32 Å². The van der Waals surface area contributed by atoms with Crippen LogP contribution in [0.15, 0.2) is 24.3 Å². The van der Waals surface area contributed by atoms with Crippen molar-refractivity contribution in [3.8, 4) is 0 Å². The van der Waals surface area contributed by atoms with Gasteiger partial charge in [-0.2, -0.15) is 0 Å². The molecule has 0 heterocycles. The number of benzene rings is 1. The van der Waals surface area contributed by atoms with E-state index in [9.17, 15) is 0 Å². The minimum absolute atomic E-state index is 0.380. The molecule has 1 aliphatic rings. The summed E-state index contributed by atoms with van der Waals surface area (Å²) in [5.74, 6) is 0.877. The summed E-state index contributed by atoms with van der Waals surface area (Å²) < 4.78 is 0. The first-order valence-corrected chi connectivity index (χ1v) is 8.25. The van der Waals surface area contributed by atoms with E-state index in [0.717, 1.165) is 10.9 Å². The van der Waals surface area contributed by atoms with Crippen LogP contribution in [0.2, 0.25) is 5.02 Å². The van der Waals surface area contributed by atoms with E-state index in [-0.39, 0.29) is 0 Å². The van der Waals surface area contributed by atoms with E-state index < -0.39 is 0 Å². The number of hydrogen-bond acceptors (Lipinski definition) is 1. The quantitative estimate of drug-likeness (QED) is 0.765. The largest absolute Gasteiger partial charge is 0.307 e. The van der Waals surface area contributed by atoms with E-state index in [1.165, 1.54) is 31.2 Å². The van der Waals surface area contributed by atoms with E-state index in [1.807, 2.05) is 12.1 Å². The lowest BCUT2D eigenvalue weighted by Gasteiger charge is -2.38. The smallest absolute Gasteiger partial charge is 0.0409 e. The monoisotopic (exact) mass is 293 g/mol. The summed E-state index contributed by atoms with van der Waals surface area (Å²) in [6.45, 7) is 9.36. The lowest BCUT2D eigenvalue weighted by Crippen LogP contribution is -2.37. The second kappa shape index (κ2) is 6.49. The highest BCUT2D eigenvalue weighted by Crippen LogP contribution is 2.38. The Kier molecular flexibility index (Phi) is 5.14. The van der Waals surface area contributed by atoms with Crippen molar-refractivity contribution >= 4 is 11.6 Å². The second-order valence-corrected chi connectivity index (χ2v) is 7.79. The van der Waals surface area contributed by atoms with Crippen LogP contribution in [0.25, 0.3) is 0 Å². The third kappa shape index (κ3) is 4.23. The van der Waals surface area contributed by atoms with Crippen molar-refractivity contribution in [3.05, 3.63) is 34.9 Å². The highest BCUT2D eigenvalue weighted by Gasteiger charge is 2.30. The molecule has 0 aliphatic heterocycles. The van der Waals surface area contributed by atoms with Gasteiger partial charge in [0.1, 0.15) is 0 Å². The Bertz CT molecular complexity index is 427. The molecule has 0 radical (unpaired) electrons. The van der Waals surface area contributed by atoms with Crippen molar-refractivity contribution in [1.29, 1.82) is 0 Å². The van der Waals surface area contributed by atoms with Crippen LogP contribution in [0.3, 0.4) is 0 Å². The molecule has 112 valence electrons. The first-order chi connectivity index (χ1) is 9.36. The third-order valence-electron chi connectivity index (χ3n) is 4.79. The fourth-order valence-corrected chi connectivity index (χ4v) is 3.55. The standard InChI is InChI=1S/C18H28ClN/c1-13(14-6-5-7-16(19)12-14)20-17-10-8-15(9-11-17)18(2,3)4/h5-7,12-13,15,17,20H,8-11H2,1-4H3. The maximum absolute atomic E-state index is 6.07. The zero-order chi connectivity index (χ0) is 14.8. The van der Waals surface area contributed by atoms with Gasteiger partial charge in [-0.15, -0.1) is 0 Å². The van der Waals surface area contributed by atoms with Crippen LogP contribution in [-0.2, 0) is 0 Å². The Morgan fingerprint density at radius 3 is 2.35 bits per heavy atom.